The zero-order chi connectivity index (χ0) is 28.9. The predicted molar refractivity (Wildman–Crippen MR) is 164 cm³/mol. The van der Waals surface area contributed by atoms with Crippen LogP contribution in [0.5, 0.6) is 0 Å². The molecule has 0 aliphatic heterocycles. The minimum absolute atomic E-state index is 0.0382. The highest BCUT2D eigenvalue weighted by atomic mass is 16.5. The standard InChI is InChI=1S/C36H64O4/c1-5-6-7-8-9-10-11-12-13-14-15-16-17-18-32(38)40-27-36(39)26-35-24-21-29-33(2,3)31(37)22-23-34(29,4)30(35)20-19-28(36)25-35/h28-31,37,39H,5-27H2,1-4H3/t28-,29+,30-,31+,34+,35-,36-/m0/s1. The van der Waals surface area contributed by atoms with Crippen LogP contribution in [0.25, 0.3) is 0 Å². The molecule has 4 rings (SSSR count). The largest absolute Gasteiger partial charge is 0.463 e. The molecule has 1 spiro atoms. The minimum Gasteiger partial charge on any atom is -0.463 e. The van der Waals surface area contributed by atoms with Crippen molar-refractivity contribution in [2.24, 2.45) is 34.0 Å². The maximum atomic E-state index is 12.6. The maximum Gasteiger partial charge on any atom is 0.305 e. The van der Waals surface area contributed by atoms with Crippen molar-refractivity contribution in [2.75, 3.05) is 6.61 Å². The zero-order valence-electron chi connectivity index (χ0n) is 26.8. The van der Waals surface area contributed by atoms with Gasteiger partial charge >= 0.3 is 5.97 Å². The SMILES string of the molecule is CCCCCCCCCCCCCCCC(=O)OC[C@@]1(O)C[C@@]23CC[C@@H]4C(C)(C)[C@H](O)CC[C@@]4(C)[C@@H]2CC[C@H]1C3. The van der Waals surface area contributed by atoms with Crippen LogP contribution in [0.1, 0.15) is 169 Å². The van der Waals surface area contributed by atoms with Gasteiger partial charge in [-0.2, -0.15) is 0 Å². The van der Waals surface area contributed by atoms with Gasteiger partial charge < -0.3 is 14.9 Å². The summed E-state index contributed by atoms with van der Waals surface area (Å²) in [4.78, 5) is 12.6. The van der Waals surface area contributed by atoms with Gasteiger partial charge in [0.25, 0.3) is 0 Å². The summed E-state index contributed by atoms with van der Waals surface area (Å²) in [6.07, 6.45) is 25.6. The Kier molecular flexibility index (Phi) is 11.1. The Morgan fingerprint density at radius 2 is 1.38 bits per heavy atom. The summed E-state index contributed by atoms with van der Waals surface area (Å²) < 4.78 is 5.78. The van der Waals surface area contributed by atoms with Crippen molar-refractivity contribution in [1.29, 1.82) is 0 Å². The molecule has 7 atom stereocenters. The third kappa shape index (κ3) is 6.95. The molecule has 0 saturated heterocycles. The summed E-state index contributed by atoms with van der Waals surface area (Å²) in [5, 5.41) is 22.6. The summed E-state index contributed by atoms with van der Waals surface area (Å²) in [6, 6.07) is 0. The number of carbonyl (C=O) groups is 1. The fourth-order valence-corrected chi connectivity index (χ4v) is 10.6. The Hall–Kier alpha value is -0.610. The van der Waals surface area contributed by atoms with E-state index in [0.717, 1.165) is 57.8 Å². The second kappa shape index (κ2) is 13.8. The average Bonchev–Trinajstić information content (AvgIpc) is 3.12. The number of hydrogen-bond donors (Lipinski definition) is 2. The monoisotopic (exact) mass is 560 g/mol. The third-order valence-electron chi connectivity index (χ3n) is 12.8. The minimum atomic E-state index is -0.854. The van der Waals surface area contributed by atoms with Gasteiger partial charge in [0.1, 0.15) is 12.2 Å². The van der Waals surface area contributed by atoms with E-state index in [1.807, 2.05) is 0 Å². The molecule has 0 heterocycles. The zero-order valence-corrected chi connectivity index (χ0v) is 26.8. The van der Waals surface area contributed by atoms with Gasteiger partial charge in [-0.1, -0.05) is 105 Å². The number of aliphatic hydroxyl groups excluding tert-OH is 1. The molecule has 232 valence electrons. The van der Waals surface area contributed by atoms with E-state index in [1.165, 1.54) is 77.0 Å². The quantitative estimate of drug-likeness (QED) is 0.146. The van der Waals surface area contributed by atoms with E-state index >= 15 is 0 Å². The molecular weight excluding hydrogens is 496 g/mol. The first-order chi connectivity index (χ1) is 19.1. The summed E-state index contributed by atoms with van der Waals surface area (Å²) in [7, 11) is 0. The fraction of sp³-hybridized carbons (Fsp3) is 0.972. The van der Waals surface area contributed by atoms with Crippen LogP contribution in [0.2, 0.25) is 0 Å². The fourth-order valence-electron chi connectivity index (χ4n) is 10.6. The Labute approximate surface area is 246 Å². The Balaban J connectivity index is 1.14. The lowest BCUT2D eigenvalue weighted by Crippen LogP contribution is -2.59. The number of aliphatic hydroxyl groups is 2. The second-order valence-corrected chi connectivity index (χ2v) is 15.8. The Bertz CT molecular complexity index is 809. The van der Waals surface area contributed by atoms with Crippen LogP contribution in [-0.2, 0) is 9.53 Å². The molecule has 2 bridgehead atoms. The van der Waals surface area contributed by atoms with Gasteiger partial charge in [0.2, 0.25) is 0 Å². The van der Waals surface area contributed by atoms with Crippen LogP contribution in [-0.4, -0.2) is 34.5 Å². The highest BCUT2D eigenvalue weighted by Crippen LogP contribution is 2.72. The molecule has 4 heteroatoms. The van der Waals surface area contributed by atoms with E-state index in [0.29, 0.717) is 18.3 Å². The van der Waals surface area contributed by atoms with Gasteiger partial charge in [-0.05, 0) is 91.8 Å². The van der Waals surface area contributed by atoms with Crippen molar-refractivity contribution in [3.05, 3.63) is 0 Å². The average molecular weight is 561 g/mol. The highest BCUT2D eigenvalue weighted by Gasteiger charge is 2.68. The van der Waals surface area contributed by atoms with E-state index < -0.39 is 5.60 Å². The number of ether oxygens (including phenoxy) is 1. The second-order valence-electron chi connectivity index (χ2n) is 15.8. The first-order valence-electron chi connectivity index (χ1n) is 17.6. The van der Waals surface area contributed by atoms with E-state index in [-0.39, 0.29) is 40.8 Å². The summed E-state index contributed by atoms with van der Waals surface area (Å²) in [5.74, 6) is 1.29. The van der Waals surface area contributed by atoms with Crippen molar-refractivity contribution in [1.82, 2.24) is 0 Å². The van der Waals surface area contributed by atoms with Crippen molar-refractivity contribution < 1.29 is 19.7 Å². The maximum absolute atomic E-state index is 12.6. The number of fused-ring (bicyclic) bond motifs is 3. The van der Waals surface area contributed by atoms with E-state index in [2.05, 4.69) is 27.7 Å². The van der Waals surface area contributed by atoms with E-state index in [9.17, 15) is 15.0 Å². The third-order valence-corrected chi connectivity index (χ3v) is 12.8. The molecule has 0 aromatic carbocycles. The van der Waals surface area contributed by atoms with Gasteiger partial charge in [0.15, 0.2) is 0 Å². The van der Waals surface area contributed by atoms with Crippen LogP contribution in [0.3, 0.4) is 0 Å². The summed E-state index contributed by atoms with van der Waals surface area (Å²) in [6.45, 7) is 9.53. The summed E-state index contributed by atoms with van der Waals surface area (Å²) in [5.41, 5.74) is -0.471. The molecule has 2 N–H and O–H groups in total. The molecule has 0 amide bonds. The molecular formula is C36H64O4. The molecule has 0 aromatic rings. The lowest BCUT2D eigenvalue weighted by atomic mass is 9.41. The van der Waals surface area contributed by atoms with Crippen LogP contribution >= 0.6 is 0 Å². The van der Waals surface area contributed by atoms with Gasteiger partial charge in [-0.15, -0.1) is 0 Å². The highest BCUT2D eigenvalue weighted by molar-refractivity contribution is 5.69. The number of hydrogen-bond acceptors (Lipinski definition) is 4. The first kappa shape index (κ1) is 32.3. The van der Waals surface area contributed by atoms with Gasteiger partial charge in [0.05, 0.1) is 6.10 Å². The first-order valence-corrected chi connectivity index (χ1v) is 17.6. The van der Waals surface area contributed by atoms with Gasteiger partial charge in [-0.3, -0.25) is 4.79 Å². The molecule has 40 heavy (non-hydrogen) atoms. The Morgan fingerprint density at radius 3 is 2.00 bits per heavy atom. The van der Waals surface area contributed by atoms with Crippen molar-refractivity contribution in [2.45, 2.75) is 181 Å². The van der Waals surface area contributed by atoms with Gasteiger partial charge in [0, 0.05) is 6.42 Å². The van der Waals surface area contributed by atoms with Crippen molar-refractivity contribution >= 4 is 5.97 Å². The number of carbonyl (C=O) groups excluding carboxylic acids is 1. The van der Waals surface area contributed by atoms with Crippen LogP contribution in [0.4, 0.5) is 0 Å². The smallest absolute Gasteiger partial charge is 0.305 e. The lowest BCUT2D eigenvalue weighted by Gasteiger charge is -2.64. The molecule has 4 aliphatic rings. The normalized spacial score (nSPS) is 38.0. The molecule has 4 fully saturated rings. The molecule has 4 saturated carbocycles. The summed E-state index contributed by atoms with van der Waals surface area (Å²) >= 11 is 0. The number of esters is 1. The lowest BCUT2D eigenvalue weighted by molar-refractivity contribution is -0.181. The van der Waals surface area contributed by atoms with Crippen LogP contribution in [0.15, 0.2) is 0 Å². The number of unbranched alkanes of at least 4 members (excludes halogenated alkanes) is 12. The predicted octanol–water partition coefficient (Wildman–Crippen LogP) is 9.15. The van der Waals surface area contributed by atoms with Crippen LogP contribution < -0.4 is 0 Å². The van der Waals surface area contributed by atoms with E-state index in [4.69, 9.17) is 4.74 Å². The van der Waals surface area contributed by atoms with Crippen molar-refractivity contribution in [3.8, 4) is 0 Å². The molecule has 4 nitrogen and oxygen atoms in total. The Morgan fingerprint density at radius 1 is 0.775 bits per heavy atom. The molecule has 4 aliphatic carbocycles. The van der Waals surface area contributed by atoms with Crippen molar-refractivity contribution in [3.63, 3.8) is 0 Å². The van der Waals surface area contributed by atoms with Crippen LogP contribution in [0, 0.1) is 34.0 Å². The van der Waals surface area contributed by atoms with Gasteiger partial charge in [-0.25, -0.2) is 0 Å². The topological polar surface area (TPSA) is 66.8 Å². The molecule has 0 radical (unpaired) electrons. The van der Waals surface area contributed by atoms with E-state index in [1.54, 1.807) is 0 Å². The molecule has 0 aromatic heterocycles. The number of rotatable bonds is 16. The molecule has 0 unspecified atom stereocenters.